The van der Waals surface area contributed by atoms with E-state index in [0.29, 0.717) is 28.2 Å². The highest BCUT2D eigenvalue weighted by Gasteiger charge is 2.47. The lowest BCUT2D eigenvalue weighted by Crippen LogP contribution is -2.40. The average molecular weight is 533 g/mol. The highest BCUT2D eigenvalue weighted by Crippen LogP contribution is 2.24. The lowest BCUT2D eigenvalue weighted by atomic mass is 10.1. The zero-order chi connectivity index (χ0) is 26.6. The highest BCUT2D eigenvalue weighted by molar-refractivity contribution is 7.90. The van der Waals surface area contributed by atoms with Crippen LogP contribution in [0.5, 0.6) is 17.2 Å². The number of para-hydroxylation sites is 1. The topological polar surface area (TPSA) is 117 Å². The van der Waals surface area contributed by atoms with Crippen LogP contribution in [0.15, 0.2) is 79.0 Å². The van der Waals surface area contributed by atoms with E-state index in [1.54, 1.807) is 24.3 Å². The Labute approximate surface area is 208 Å². The van der Waals surface area contributed by atoms with Gasteiger partial charge >= 0.3 is 15.5 Å². The van der Waals surface area contributed by atoms with Crippen LogP contribution in [0.4, 0.5) is 13.2 Å². The Balaban J connectivity index is 1.34. The SMILES string of the molecule is O=C(COc1ccc(Oc2ccccc2)cc1)Cn1ncc2cc(C(=O)NS(=O)(=O)C(F)(F)F)ccc21. The normalized spacial score (nSPS) is 11.8. The molecule has 0 atom stereocenters. The van der Waals surface area contributed by atoms with Crippen molar-refractivity contribution in [2.75, 3.05) is 6.61 Å². The van der Waals surface area contributed by atoms with Crippen molar-refractivity contribution in [2.24, 2.45) is 0 Å². The Morgan fingerprint density at radius 2 is 1.57 bits per heavy atom. The fourth-order valence-corrected chi connectivity index (χ4v) is 3.68. The van der Waals surface area contributed by atoms with Gasteiger partial charge < -0.3 is 9.47 Å². The predicted octanol–water partition coefficient (Wildman–Crippen LogP) is 4.06. The molecule has 0 aliphatic rings. The minimum atomic E-state index is -5.84. The zero-order valence-electron chi connectivity index (χ0n) is 18.8. The number of Topliss-reactive ketones (excluding diaryl/α,β-unsaturated/α-hetero) is 1. The number of carbonyl (C=O) groups excluding carboxylic acids is 2. The molecule has 0 saturated carbocycles. The monoisotopic (exact) mass is 533 g/mol. The Morgan fingerprint density at radius 3 is 2.24 bits per heavy atom. The van der Waals surface area contributed by atoms with Gasteiger partial charge in [-0.2, -0.15) is 26.7 Å². The Bertz CT molecular complexity index is 1540. The van der Waals surface area contributed by atoms with Crippen LogP contribution >= 0.6 is 0 Å². The van der Waals surface area contributed by atoms with Crippen molar-refractivity contribution in [3.8, 4) is 17.2 Å². The first-order chi connectivity index (χ1) is 17.5. The molecule has 4 rings (SSSR count). The summed E-state index contributed by atoms with van der Waals surface area (Å²) in [4.78, 5) is 24.4. The molecule has 1 heterocycles. The number of ether oxygens (including phenoxy) is 2. The number of hydrogen-bond acceptors (Lipinski definition) is 7. The van der Waals surface area contributed by atoms with Gasteiger partial charge in [0.05, 0.1) is 11.7 Å². The summed E-state index contributed by atoms with van der Waals surface area (Å²) in [6.07, 6.45) is 1.30. The summed E-state index contributed by atoms with van der Waals surface area (Å²) in [7, 11) is -5.84. The Kier molecular flexibility index (Phi) is 7.16. The van der Waals surface area contributed by atoms with Gasteiger partial charge in [-0.25, -0.2) is 4.72 Å². The summed E-state index contributed by atoms with van der Waals surface area (Å²) in [5.41, 5.74) is -5.54. The lowest BCUT2D eigenvalue weighted by molar-refractivity contribution is -0.121. The molecular formula is C24H18F3N3O6S. The van der Waals surface area contributed by atoms with Crippen LogP contribution in [0.3, 0.4) is 0 Å². The quantitative estimate of drug-likeness (QED) is 0.345. The van der Waals surface area contributed by atoms with Crippen LogP contribution in [0.1, 0.15) is 10.4 Å². The fourth-order valence-electron chi connectivity index (χ4n) is 3.20. The molecule has 4 aromatic rings. The number of sulfonamides is 1. The van der Waals surface area contributed by atoms with E-state index in [9.17, 15) is 31.2 Å². The van der Waals surface area contributed by atoms with E-state index in [0.717, 1.165) is 10.8 Å². The van der Waals surface area contributed by atoms with Crippen LogP contribution in [-0.4, -0.2) is 42.0 Å². The molecule has 0 bridgehead atoms. The van der Waals surface area contributed by atoms with E-state index in [1.165, 1.54) is 23.0 Å². The number of halogens is 3. The molecule has 1 aromatic heterocycles. The molecule has 0 spiro atoms. The third kappa shape index (κ3) is 6.25. The molecule has 0 saturated heterocycles. The standard InChI is InChI=1S/C24H18F3N3O6S/c25-24(26,27)37(33,34)29-23(32)16-6-11-22-17(12-16)13-28-30(22)14-18(31)15-35-19-7-9-21(10-8-19)36-20-4-2-1-3-5-20/h1-13H,14-15H2,(H,29,32). The van der Waals surface area contributed by atoms with E-state index in [1.807, 2.05) is 30.3 Å². The van der Waals surface area contributed by atoms with Crippen molar-refractivity contribution in [3.63, 3.8) is 0 Å². The first-order valence-corrected chi connectivity index (χ1v) is 12.1. The van der Waals surface area contributed by atoms with Gasteiger partial charge in [-0.1, -0.05) is 18.2 Å². The summed E-state index contributed by atoms with van der Waals surface area (Å²) in [6.45, 7) is -0.428. The number of aromatic nitrogens is 2. The number of amides is 1. The van der Waals surface area contributed by atoms with Gasteiger partial charge in [-0.15, -0.1) is 0 Å². The van der Waals surface area contributed by atoms with E-state index in [-0.39, 0.29) is 24.5 Å². The van der Waals surface area contributed by atoms with Crippen molar-refractivity contribution in [1.82, 2.24) is 14.5 Å². The average Bonchev–Trinajstić information content (AvgIpc) is 3.25. The van der Waals surface area contributed by atoms with Crippen LogP contribution in [-0.2, 0) is 21.4 Å². The van der Waals surface area contributed by atoms with Gasteiger partial charge in [0.2, 0.25) is 0 Å². The molecule has 1 amide bonds. The molecule has 0 unspecified atom stereocenters. The van der Waals surface area contributed by atoms with Gasteiger partial charge in [0, 0.05) is 10.9 Å². The summed E-state index contributed by atoms with van der Waals surface area (Å²) < 4.78 is 73.3. The zero-order valence-corrected chi connectivity index (χ0v) is 19.6. The molecule has 13 heteroatoms. The number of carbonyl (C=O) groups is 2. The molecule has 0 aliphatic carbocycles. The van der Waals surface area contributed by atoms with Crippen molar-refractivity contribution < 1.29 is 40.7 Å². The van der Waals surface area contributed by atoms with Gasteiger partial charge in [-0.3, -0.25) is 14.3 Å². The molecule has 3 aromatic carbocycles. The number of nitrogens with zero attached hydrogens (tertiary/aromatic N) is 2. The second kappa shape index (κ2) is 10.3. The number of ketones is 1. The third-order valence-electron chi connectivity index (χ3n) is 4.96. The largest absolute Gasteiger partial charge is 0.516 e. The maximum atomic E-state index is 12.5. The maximum Gasteiger partial charge on any atom is 0.516 e. The Morgan fingerprint density at radius 1 is 0.919 bits per heavy atom. The molecule has 9 nitrogen and oxygen atoms in total. The van der Waals surface area contributed by atoms with Crippen LogP contribution in [0.25, 0.3) is 10.9 Å². The molecule has 0 radical (unpaired) electrons. The predicted molar refractivity (Wildman–Crippen MR) is 126 cm³/mol. The minimum absolute atomic E-state index is 0.174. The molecule has 37 heavy (non-hydrogen) atoms. The van der Waals surface area contributed by atoms with E-state index < -0.39 is 21.4 Å². The van der Waals surface area contributed by atoms with Crippen LogP contribution < -0.4 is 14.2 Å². The van der Waals surface area contributed by atoms with E-state index in [2.05, 4.69) is 5.10 Å². The van der Waals surface area contributed by atoms with Gasteiger partial charge in [0.25, 0.3) is 5.91 Å². The van der Waals surface area contributed by atoms with Crippen molar-refractivity contribution in [1.29, 1.82) is 0 Å². The second-order valence-electron chi connectivity index (χ2n) is 7.67. The van der Waals surface area contributed by atoms with Crippen LogP contribution in [0, 0.1) is 0 Å². The van der Waals surface area contributed by atoms with Crippen molar-refractivity contribution in [3.05, 3.63) is 84.6 Å². The van der Waals surface area contributed by atoms with E-state index >= 15 is 0 Å². The summed E-state index contributed by atoms with van der Waals surface area (Å²) in [6, 6.07) is 19.5. The smallest absolute Gasteiger partial charge is 0.486 e. The molecule has 1 N–H and O–H groups in total. The third-order valence-corrected chi connectivity index (χ3v) is 6.03. The second-order valence-corrected chi connectivity index (χ2v) is 9.34. The number of alkyl halides is 3. The lowest BCUT2D eigenvalue weighted by Gasteiger charge is -2.10. The highest BCUT2D eigenvalue weighted by atomic mass is 32.2. The van der Waals surface area contributed by atoms with Crippen molar-refractivity contribution >= 4 is 32.6 Å². The van der Waals surface area contributed by atoms with Crippen LogP contribution in [0.2, 0.25) is 0 Å². The first kappa shape index (κ1) is 25.7. The number of fused-ring (bicyclic) bond motifs is 1. The van der Waals surface area contributed by atoms with Gasteiger partial charge in [0.15, 0.2) is 5.78 Å². The maximum absolute atomic E-state index is 12.5. The van der Waals surface area contributed by atoms with E-state index in [4.69, 9.17) is 9.47 Å². The van der Waals surface area contributed by atoms with Gasteiger partial charge in [0.1, 0.15) is 30.4 Å². The van der Waals surface area contributed by atoms with Gasteiger partial charge in [-0.05, 0) is 54.6 Å². The number of nitrogens with one attached hydrogen (secondary N) is 1. The summed E-state index contributed by atoms with van der Waals surface area (Å²) in [5, 5.41) is 4.37. The Hall–Kier alpha value is -4.39. The number of rotatable bonds is 9. The molecule has 192 valence electrons. The summed E-state index contributed by atoms with van der Waals surface area (Å²) >= 11 is 0. The number of hydrogen-bond donors (Lipinski definition) is 1. The first-order valence-electron chi connectivity index (χ1n) is 10.6. The minimum Gasteiger partial charge on any atom is -0.486 e. The molecule has 0 fully saturated rings. The number of benzene rings is 3. The fraction of sp³-hybridized carbons (Fsp3) is 0.125. The summed E-state index contributed by atoms with van der Waals surface area (Å²) in [5.74, 6) is -0.0540. The van der Waals surface area contributed by atoms with Crippen molar-refractivity contribution in [2.45, 2.75) is 12.1 Å². The molecule has 0 aliphatic heterocycles. The molecular weight excluding hydrogens is 515 g/mol.